The number of rotatable bonds is 7. The first-order valence-electron chi connectivity index (χ1n) is 7.29. The van der Waals surface area contributed by atoms with Crippen molar-refractivity contribution in [3.05, 3.63) is 47.0 Å². The van der Waals surface area contributed by atoms with Crippen molar-refractivity contribution in [2.45, 2.75) is 25.8 Å². The fourth-order valence-electron chi connectivity index (χ4n) is 1.99. The van der Waals surface area contributed by atoms with E-state index in [9.17, 15) is 9.59 Å². The molecule has 0 aliphatic heterocycles. The van der Waals surface area contributed by atoms with E-state index in [0.717, 1.165) is 5.56 Å². The van der Waals surface area contributed by atoms with Crippen LogP contribution in [0.2, 0.25) is 0 Å². The number of hydrogen-bond acceptors (Lipinski definition) is 6. The van der Waals surface area contributed by atoms with Crippen LogP contribution in [0.3, 0.4) is 0 Å². The zero-order valence-electron chi connectivity index (χ0n) is 13.2. The summed E-state index contributed by atoms with van der Waals surface area (Å²) in [7, 11) is 0. The van der Waals surface area contributed by atoms with Gasteiger partial charge in [0.15, 0.2) is 5.13 Å². The van der Waals surface area contributed by atoms with Gasteiger partial charge in [0.1, 0.15) is 0 Å². The van der Waals surface area contributed by atoms with Crippen LogP contribution in [-0.2, 0) is 20.7 Å². The minimum absolute atomic E-state index is 0. The molecule has 1 heterocycles. The topological polar surface area (TPSA) is 94.3 Å². The molecule has 0 saturated carbocycles. The standard InChI is InChI=1S/C16H19N3O3S.ClH/c1-2-22-15(21)8-12-10-23-16(18-12)19-14(20)9-13(17)11-6-4-3-5-7-11;/h3-7,10,13H,2,8-9,17H2,1H3,(H,18,19,20);1H. The first kappa shape index (κ1) is 20.1. The largest absolute Gasteiger partial charge is 0.466 e. The van der Waals surface area contributed by atoms with Gasteiger partial charge >= 0.3 is 5.97 Å². The maximum absolute atomic E-state index is 12.0. The SMILES string of the molecule is CCOC(=O)Cc1csc(NC(=O)CC(N)c2ccccc2)n1.Cl. The molecule has 2 rings (SSSR count). The number of nitrogens with zero attached hydrogens (tertiary/aromatic N) is 1. The molecule has 130 valence electrons. The first-order chi connectivity index (χ1) is 11.1. The zero-order chi connectivity index (χ0) is 16.7. The van der Waals surface area contributed by atoms with E-state index in [1.165, 1.54) is 11.3 Å². The molecule has 0 bridgehead atoms. The third kappa shape index (κ3) is 6.27. The van der Waals surface area contributed by atoms with E-state index in [0.29, 0.717) is 17.4 Å². The molecule has 0 fully saturated rings. The van der Waals surface area contributed by atoms with E-state index >= 15 is 0 Å². The molecular formula is C16H20ClN3O3S. The van der Waals surface area contributed by atoms with E-state index in [2.05, 4.69) is 10.3 Å². The second-order valence-corrected chi connectivity index (χ2v) is 5.75. The van der Waals surface area contributed by atoms with Crippen molar-refractivity contribution in [2.24, 2.45) is 5.73 Å². The molecule has 1 aromatic carbocycles. The van der Waals surface area contributed by atoms with Gasteiger partial charge in [-0.15, -0.1) is 23.7 Å². The zero-order valence-corrected chi connectivity index (χ0v) is 14.9. The van der Waals surface area contributed by atoms with Gasteiger partial charge in [-0.25, -0.2) is 4.98 Å². The quantitative estimate of drug-likeness (QED) is 0.732. The molecule has 1 atom stereocenters. The molecule has 1 aromatic heterocycles. The predicted molar refractivity (Wildman–Crippen MR) is 96.3 cm³/mol. The molecule has 0 spiro atoms. The fraction of sp³-hybridized carbons (Fsp3) is 0.312. The Kier molecular flexibility index (Phi) is 8.39. The number of esters is 1. The number of nitrogens with one attached hydrogen (secondary N) is 1. The Morgan fingerprint density at radius 2 is 2.04 bits per heavy atom. The number of thiazole rings is 1. The van der Waals surface area contributed by atoms with Crippen molar-refractivity contribution in [1.29, 1.82) is 0 Å². The third-order valence-electron chi connectivity index (χ3n) is 3.06. The number of benzene rings is 1. The van der Waals surface area contributed by atoms with Crippen molar-refractivity contribution in [3.63, 3.8) is 0 Å². The Labute approximate surface area is 150 Å². The average Bonchev–Trinajstić information content (AvgIpc) is 2.95. The van der Waals surface area contributed by atoms with Crippen LogP contribution in [0, 0.1) is 0 Å². The van der Waals surface area contributed by atoms with Crippen LogP contribution in [0.5, 0.6) is 0 Å². The Hall–Kier alpha value is -1.96. The van der Waals surface area contributed by atoms with E-state index in [4.69, 9.17) is 10.5 Å². The Balaban J connectivity index is 0.00000288. The van der Waals surface area contributed by atoms with Crippen molar-refractivity contribution in [1.82, 2.24) is 4.98 Å². The van der Waals surface area contributed by atoms with Crippen LogP contribution in [-0.4, -0.2) is 23.5 Å². The van der Waals surface area contributed by atoms with Gasteiger partial charge in [0.05, 0.1) is 18.7 Å². The number of halogens is 1. The summed E-state index contributed by atoms with van der Waals surface area (Å²) in [5, 5.41) is 4.88. The molecule has 2 aromatic rings. The van der Waals surface area contributed by atoms with E-state index in [1.807, 2.05) is 30.3 Å². The number of carbonyl (C=O) groups excluding carboxylic acids is 2. The molecule has 8 heteroatoms. The van der Waals surface area contributed by atoms with Crippen LogP contribution in [0.4, 0.5) is 5.13 Å². The lowest BCUT2D eigenvalue weighted by atomic mass is 10.0. The number of aromatic nitrogens is 1. The minimum atomic E-state index is -0.366. The predicted octanol–water partition coefficient (Wildman–Crippen LogP) is 2.70. The monoisotopic (exact) mass is 369 g/mol. The normalized spacial score (nSPS) is 11.2. The van der Waals surface area contributed by atoms with Crippen LogP contribution in [0.15, 0.2) is 35.7 Å². The molecule has 0 aliphatic rings. The van der Waals surface area contributed by atoms with Crippen LogP contribution in [0.1, 0.15) is 30.6 Å². The summed E-state index contributed by atoms with van der Waals surface area (Å²) in [5.74, 6) is -0.542. The summed E-state index contributed by atoms with van der Waals surface area (Å²) in [5.41, 5.74) is 7.50. The van der Waals surface area contributed by atoms with Gasteiger partial charge in [-0.2, -0.15) is 0 Å². The summed E-state index contributed by atoms with van der Waals surface area (Å²) in [4.78, 5) is 27.6. The Morgan fingerprint density at radius 1 is 1.33 bits per heavy atom. The molecule has 3 N–H and O–H groups in total. The maximum Gasteiger partial charge on any atom is 0.311 e. The average molecular weight is 370 g/mol. The van der Waals surface area contributed by atoms with Gasteiger partial charge in [-0.05, 0) is 12.5 Å². The number of hydrogen-bond donors (Lipinski definition) is 2. The highest BCUT2D eigenvalue weighted by atomic mass is 35.5. The molecule has 24 heavy (non-hydrogen) atoms. The van der Waals surface area contributed by atoms with Crippen molar-refractivity contribution < 1.29 is 14.3 Å². The fourth-order valence-corrected chi connectivity index (χ4v) is 2.72. The number of ether oxygens (including phenoxy) is 1. The first-order valence-corrected chi connectivity index (χ1v) is 8.17. The summed E-state index contributed by atoms with van der Waals surface area (Å²) < 4.78 is 4.86. The van der Waals surface area contributed by atoms with Gasteiger partial charge in [0.2, 0.25) is 5.91 Å². The van der Waals surface area contributed by atoms with Crippen molar-refractivity contribution in [3.8, 4) is 0 Å². The lowest BCUT2D eigenvalue weighted by Gasteiger charge is -2.10. The maximum atomic E-state index is 12.0. The molecule has 0 radical (unpaired) electrons. The third-order valence-corrected chi connectivity index (χ3v) is 3.87. The lowest BCUT2D eigenvalue weighted by Crippen LogP contribution is -2.20. The van der Waals surface area contributed by atoms with Gasteiger partial charge in [-0.1, -0.05) is 30.3 Å². The van der Waals surface area contributed by atoms with Crippen molar-refractivity contribution in [2.75, 3.05) is 11.9 Å². The molecule has 0 aliphatic carbocycles. The second kappa shape index (κ2) is 10.0. The molecule has 1 amide bonds. The van der Waals surface area contributed by atoms with Crippen LogP contribution in [0.25, 0.3) is 0 Å². The second-order valence-electron chi connectivity index (χ2n) is 4.90. The van der Waals surface area contributed by atoms with Crippen molar-refractivity contribution >= 4 is 40.8 Å². The summed E-state index contributed by atoms with van der Waals surface area (Å²) >= 11 is 1.27. The summed E-state index contributed by atoms with van der Waals surface area (Å²) in [6.07, 6.45) is 0.264. The van der Waals surface area contributed by atoms with Gasteiger partial charge < -0.3 is 15.8 Å². The number of nitrogens with two attached hydrogens (primary N) is 1. The smallest absolute Gasteiger partial charge is 0.311 e. The summed E-state index contributed by atoms with van der Waals surface area (Å²) in [6.45, 7) is 2.09. The number of anilines is 1. The Morgan fingerprint density at radius 3 is 2.71 bits per heavy atom. The van der Waals surface area contributed by atoms with Gasteiger partial charge in [0, 0.05) is 17.8 Å². The van der Waals surface area contributed by atoms with Crippen LogP contribution >= 0.6 is 23.7 Å². The highest BCUT2D eigenvalue weighted by Gasteiger charge is 2.14. The minimum Gasteiger partial charge on any atom is -0.466 e. The van der Waals surface area contributed by atoms with Gasteiger partial charge in [-0.3, -0.25) is 9.59 Å². The van der Waals surface area contributed by atoms with Crippen LogP contribution < -0.4 is 11.1 Å². The molecule has 1 unspecified atom stereocenters. The van der Waals surface area contributed by atoms with E-state index < -0.39 is 0 Å². The number of carbonyl (C=O) groups is 2. The highest BCUT2D eigenvalue weighted by molar-refractivity contribution is 7.13. The highest BCUT2D eigenvalue weighted by Crippen LogP contribution is 2.18. The van der Waals surface area contributed by atoms with E-state index in [1.54, 1.807) is 12.3 Å². The van der Waals surface area contributed by atoms with E-state index in [-0.39, 0.29) is 43.2 Å². The lowest BCUT2D eigenvalue weighted by molar-refractivity contribution is -0.142. The molecule has 0 saturated heterocycles. The summed E-state index contributed by atoms with van der Waals surface area (Å²) in [6, 6.07) is 9.08. The van der Waals surface area contributed by atoms with Gasteiger partial charge in [0.25, 0.3) is 0 Å². The number of amides is 1. The molecule has 6 nitrogen and oxygen atoms in total. The Bertz CT molecular complexity index is 664. The molecular weight excluding hydrogens is 350 g/mol.